The summed E-state index contributed by atoms with van der Waals surface area (Å²) in [5.41, 5.74) is 2.38. The topological polar surface area (TPSA) is 46.5 Å². The molecule has 0 aliphatic heterocycles. The van der Waals surface area contributed by atoms with E-state index in [0.29, 0.717) is 12.2 Å². The zero-order valence-electron chi connectivity index (χ0n) is 14.2. The molecule has 0 unspecified atom stereocenters. The van der Waals surface area contributed by atoms with Crippen molar-refractivity contribution in [2.24, 2.45) is 0 Å². The number of unbranched alkanes of at least 4 members (excludes halogenated alkanes) is 3. The Morgan fingerprint density at radius 1 is 0.880 bits per heavy atom. The predicted molar refractivity (Wildman–Crippen MR) is 97.6 cm³/mol. The van der Waals surface area contributed by atoms with Crippen molar-refractivity contribution in [2.45, 2.75) is 25.7 Å². The smallest absolute Gasteiger partial charge is 0.338 e. The first kappa shape index (κ1) is 18.9. The standard InChI is InChI=1S/C21H23FO3/c22-20-13-9-18(10-14-20)6-5-17-7-11-19(12-8-17)21(24)25-16-4-2-1-3-15-23/h5-14,23H,1-4,15-16H2/b6-5+. The van der Waals surface area contributed by atoms with E-state index in [9.17, 15) is 9.18 Å². The van der Waals surface area contributed by atoms with Gasteiger partial charge in [0, 0.05) is 6.61 Å². The third-order valence-corrected chi connectivity index (χ3v) is 3.77. The lowest BCUT2D eigenvalue weighted by molar-refractivity contribution is 0.0497. The van der Waals surface area contributed by atoms with Crippen LogP contribution in [-0.4, -0.2) is 24.3 Å². The minimum absolute atomic E-state index is 0.210. The molecule has 0 saturated carbocycles. The Labute approximate surface area is 147 Å². The molecule has 0 spiro atoms. The Bertz CT molecular complexity index is 675. The largest absolute Gasteiger partial charge is 0.462 e. The van der Waals surface area contributed by atoms with Crippen LogP contribution in [0.2, 0.25) is 0 Å². The van der Waals surface area contributed by atoms with Crippen LogP contribution in [-0.2, 0) is 4.74 Å². The van der Waals surface area contributed by atoms with Crippen LogP contribution in [0.1, 0.15) is 47.2 Å². The van der Waals surface area contributed by atoms with Gasteiger partial charge in [-0.2, -0.15) is 0 Å². The zero-order valence-corrected chi connectivity index (χ0v) is 14.2. The number of carbonyl (C=O) groups excluding carboxylic acids is 1. The molecular formula is C21H23FO3. The van der Waals surface area contributed by atoms with E-state index in [4.69, 9.17) is 9.84 Å². The van der Waals surface area contributed by atoms with E-state index in [0.717, 1.165) is 36.8 Å². The molecule has 0 saturated heterocycles. The molecule has 2 aromatic carbocycles. The van der Waals surface area contributed by atoms with Crippen molar-refractivity contribution >= 4 is 18.1 Å². The van der Waals surface area contributed by atoms with Crippen molar-refractivity contribution in [3.8, 4) is 0 Å². The number of carbonyl (C=O) groups is 1. The summed E-state index contributed by atoms with van der Waals surface area (Å²) in [5.74, 6) is -0.579. The van der Waals surface area contributed by atoms with Gasteiger partial charge in [0.25, 0.3) is 0 Å². The fourth-order valence-electron chi connectivity index (χ4n) is 2.31. The molecule has 25 heavy (non-hydrogen) atoms. The Morgan fingerprint density at radius 2 is 1.44 bits per heavy atom. The average molecular weight is 342 g/mol. The molecule has 2 aromatic rings. The number of ether oxygens (including phenoxy) is 1. The van der Waals surface area contributed by atoms with Crippen molar-refractivity contribution in [2.75, 3.05) is 13.2 Å². The van der Waals surface area contributed by atoms with Gasteiger partial charge in [-0.05, 0) is 54.7 Å². The van der Waals surface area contributed by atoms with Crippen LogP contribution in [0.25, 0.3) is 12.2 Å². The average Bonchev–Trinajstić information content (AvgIpc) is 2.64. The van der Waals surface area contributed by atoms with Crippen molar-refractivity contribution in [3.05, 3.63) is 71.0 Å². The number of benzene rings is 2. The quantitative estimate of drug-likeness (QED) is 0.408. The maximum atomic E-state index is 12.9. The van der Waals surface area contributed by atoms with Crippen LogP contribution in [0.15, 0.2) is 48.5 Å². The number of halogens is 1. The highest BCUT2D eigenvalue weighted by molar-refractivity contribution is 5.89. The number of hydrogen-bond donors (Lipinski definition) is 1. The summed E-state index contributed by atoms with van der Waals surface area (Å²) >= 11 is 0. The van der Waals surface area contributed by atoms with Crippen LogP contribution in [0.4, 0.5) is 4.39 Å². The van der Waals surface area contributed by atoms with Crippen molar-refractivity contribution in [1.82, 2.24) is 0 Å². The van der Waals surface area contributed by atoms with Crippen LogP contribution in [0, 0.1) is 5.82 Å². The van der Waals surface area contributed by atoms with Crippen molar-refractivity contribution in [1.29, 1.82) is 0 Å². The molecule has 0 aliphatic rings. The molecule has 2 rings (SSSR count). The van der Waals surface area contributed by atoms with Gasteiger partial charge < -0.3 is 9.84 Å². The van der Waals surface area contributed by atoms with E-state index in [2.05, 4.69) is 0 Å². The van der Waals surface area contributed by atoms with Gasteiger partial charge in [0.1, 0.15) is 5.82 Å². The van der Waals surface area contributed by atoms with Gasteiger partial charge in [0.05, 0.1) is 12.2 Å². The summed E-state index contributed by atoms with van der Waals surface area (Å²) in [6.07, 6.45) is 7.29. The molecule has 1 N–H and O–H groups in total. The molecule has 3 nitrogen and oxygen atoms in total. The molecule has 0 radical (unpaired) electrons. The second-order valence-electron chi connectivity index (χ2n) is 5.78. The Hall–Kier alpha value is -2.46. The summed E-state index contributed by atoms with van der Waals surface area (Å²) in [6, 6.07) is 13.4. The highest BCUT2D eigenvalue weighted by Crippen LogP contribution is 2.11. The number of aliphatic hydroxyl groups excluding tert-OH is 1. The van der Waals surface area contributed by atoms with Crippen molar-refractivity contribution < 1.29 is 19.0 Å². The maximum Gasteiger partial charge on any atom is 0.338 e. The zero-order chi connectivity index (χ0) is 17.9. The third-order valence-electron chi connectivity index (χ3n) is 3.77. The Kier molecular flexibility index (Phi) is 7.86. The van der Waals surface area contributed by atoms with Gasteiger partial charge >= 0.3 is 5.97 Å². The van der Waals surface area contributed by atoms with Gasteiger partial charge in [-0.1, -0.05) is 42.8 Å². The van der Waals surface area contributed by atoms with Gasteiger partial charge in [0.15, 0.2) is 0 Å². The normalized spacial score (nSPS) is 11.0. The van der Waals surface area contributed by atoms with E-state index in [-0.39, 0.29) is 18.4 Å². The molecule has 0 aliphatic carbocycles. The van der Waals surface area contributed by atoms with Crippen LogP contribution < -0.4 is 0 Å². The summed E-state index contributed by atoms with van der Waals surface area (Å²) in [4.78, 5) is 11.9. The third kappa shape index (κ3) is 6.89. The lowest BCUT2D eigenvalue weighted by Crippen LogP contribution is -2.06. The maximum absolute atomic E-state index is 12.9. The summed E-state index contributed by atoms with van der Waals surface area (Å²) in [7, 11) is 0. The predicted octanol–water partition coefficient (Wildman–Crippen LogP) is 4.71. The Morgan fingerprint density at radius 3 is 2.04 bits per heavy atom. The number of aliphatic hydroxyl groups is 1. The molecule has 0 aromatic heterocycles. The number of esters is 1. The molecule has 0 bridgehead atoms. The van der Waals surface area contributed by atoms with Crippen LogP contribution >= 0.6 is 0 Å². The lowest BCUT2D eigenvalue weighted by Gasteiger charge is -2.05. The van der Waals surface area contributed by atoms with E-state index in [1.165, 1.54) is 12.1 Å². The van der Waals surface area contributed by atoms with E-state index < -0.39 is 0 Å². The highest BCUT2D eigenvalue weighted by atomic mass is 19.1. The summed E-state index contributed by atoms with van der Waals surface area (Å²) < 4.78 is 18.1. The second-order valence-corrected chi connectivity index (χ2v) is 5.78. The molecule has 0 heterocycles. The van der Waals surface area contributed by atoms with Gasteiger partial charge in [-0.25, -0.2) is 9.18 Å². The number of hydrogen-bond acceptors (Lipinski definition) is 3. The summed E-state index contributed by atoms with van der Waals surface area (Å²) in [5, 5.41) is 8.69. The highest BCUT2D eigenvalue weighted by Gasteiger charge is 2.06. The molecule has 4 heteroatoms. The minimum Gasteiger partial charge on any atom is -0.462 e. The SMILES string of the molecule is O=C(OCCCCCCO)c1ccc(/C=C/c2ccc(F)cc2)cc1. The van der Waals surface area contributed by atoms with Crippen LogP contribution in [0.3, 0.4) is 0 Å². The molecule has 132 valence electrons. The minimum atomic E-state index is -0.323. The first-order chi connectivity index (χ1) is 12.2. The first-order valence-corrected chi connectivity index (χ1v) is 8.51. The van der Waals surface area contributed by atoms with E-state index >= 15 is 0 Å². The van der Waals surface area contributed by atoms with Gasteiger partial charge in [-0.3, -0.25) is 0 Å². The first-order valence-electron chi connectivity index (χ1n) is 8.51. The monoisotopic (exact) mass is 342 g/mol. The van der Waals surface area contributed by atoms with Crippen molar-refractivity contribution in [3.63, 3.8) is 0 Å². The second kappa shape index (κ2) is 10.4. The molecule has 0 amide bonds. The Balaban J connectivity index is 1.80. The van der Waals surface area contributed by atoms with E-state index in [1.54, 1.807) is 24.3 Å². The van der Waals surface area contributed by atoms with Crippen LogP contribution in [0.5, 0.6) is 0 Å². The fourth-order valence-corrected chi connectivity index (χ4v) is 2.31. The molecular weight excluding hydrogens is 319 g/mol. The van der Waals surface area contributed by atoms with Gasteiger partial charge in [-0.15, -0.1) is 0 Å². The molecule has 0 atom stereocenters. The fraction of sp³-hybridized carbons (Fsp3) is 0.286. The van der Waals surface area contributed by atoms with Gasteiger partial charge in [0.2, 0.25) is 0 Å². The summed E-state index contributed by atoms with van der Waals surface area (Å²) in [6.45, 7) is 0.609. The molecule has 0 fully saturated rings. The lowest BCUT2D eigenvalue weighted by atomic mass is 10.1. The number of rotatable bonds is 9. The van der Waals surface area contributed by atoms with E-state index in [1.807, 2.05) is 24.3 Å².